The van der Waals surface area contributed by atoms with E-state index in [1.54, 1.807) is 31.2 Å². The van der Waals surface area contributed by atoms with Crippen molar-refractivity contribution in [1.82, 2.24) is 10.5 Å². The summed E-state index contributed by atoms with van der Waals surface area (Å²) in [6, 6.07) is 5.94. The van der Waals surface area contributed by atoms with Crippen LogP contribution in [0.1, 0.15) is 29.5 Å². The number of amides is 1. The Morgan fingerprint density at radius 2 is 1.96 bits per heavy atom. The van der Waals surface area contributed by atoms with E-state index < -0.39 is 12.0 Å². The summed E-state index contributed by atoms with van der Waals surface area (Å²) < 4.78 is 15.3. The molecule has 2 rings (SSSR count). The highest BCUT2D eigenvalue weighted by Gasteiger charge is 2.20. The maximum atomic E-state index is 12.2. The molecule has 1 heterocycles. The molecule has 8 heteroatoms. The van der Waals surface area contributed by atoms with Crippen LogP contribution in [0, 0.1) is 6.92 Å². The van der Waals surface area contributed by atoms with E-state index in [9.17, 15) is 9.59 Å². The monoisotopic (exact) mass is 348 g/mol. The predicted octanol–water partition coefficient (Wildman–Crippen LogP) is 1.87. The third-order valence-corrected chi connectivity index (χ3v) is 3.54. The first-order valence-corrected chi connectivity index (χ1v) is 7.58. The Morgan fingerprint density at radius 1 is 1.24 bits per heavy atom. The number of nitrogens with zero attached hydrogens (tertiary/aromatic N) is 1. The molecule has 1 amide bonds. The van der Waals surface area contributed by atoms with Crippen molar-refractivity contribution in [3.63, 3.8) is 0 Å². The number of carbonyl (C=O) groups is 2. The molecule has 0 spiro atoms. The van der Waals surface area contributed by atoms with Crippen molar-refractivity contribution < 1.29 is 28.7 Å². The van der Waals surface area contributed by atoms with Gasteiger partial charge < -0.3 is 24.4 Å². The summed E-state index contributed by atoms with van der Waals surface area (Å²) in [5, 5.41) is 15.6. The molecule has 0 aliphatic carbocycles. The van der Waals surface area contributed by atoms with Crippen molar-refractivity contribution >= 4 is 11.9 Å². The summed E-state index contributed by atoms with van der Waals surface area (Å²) >= 11 is 0. The fourth-order valence-corrected chi connectivity index (χ4v) is 2.41. The lowest BCUT2D eigenvalue weighted by Gasteiger charge is -2.19. The van der Waals surface area contributed by atoms with Gasteiger partial charge in [0.15, 0.2) is 11.5 Å². The molecule has 0 bridgehead atoms. The summed E-state index contributed by atoms with van der Waals surface area (Å²) in [6.45, 7) is 1.73. The number of aromatic nitrogens is 1. The first kappa shape index (κ1) is 18.3. The largest absolute Gasteiger partial charge is 0.493 e. The summed E-state index contributed by atoms with van der Waals surface area (Å²) in [5.74, 6) is 0.193. The van der Waals surface area contributed by atoms with Gasteiger partial charge in [-0.1, -0.05) is 11.2 Å². The first-order valence-electron chi connectivity index (χ1n) is 7.58. The van der Waals surface area contributed by atoms with E-state index in [0.29, 0.717) is 28.5 Å². The molecule has 1 unspecified atom stereocenters. The van der Waals surface area contributed by atoms with Crippen LogP contribution in [-0.4, -0.2) is 36.4 Å². The Balaban J connectivity index is 2.17. The minimum atomic E-state index is -1.03. The summed E-state index contributed by atoms with van der Waals surface area (Å²) in [5.41, 5.74) is 1.08. The second kappa shape index (κ2) is 8.18. The van der Waals surface area contributed by atoms with E-state index >= 15 is 0 Å². The Morgan fingerprint density at radius 3 is 2.52 bits per heavy atom. The van der Waals surface area contributed by atoms with Crippen LogP contribution in [0.15, 0.2) is 28.8 Å². The van der Waals surface area contributed by atoms with E-state index in [-0.39, 0.29) is 18.7 Å². The molecule has 0 saturated heterocycles. The number of rotatable bonds is 8. The second-order valence-corrected chi connectivity index (χ2v) is 5.44. The third kappa shape index (κ3) is 4.97. The van der Waals surface area contributed by atoms with Gasteiger partial charge in [0.1, 0.15) is 5.76 Å². The minimum absolute atomic E-state index is 0.000743. The van der Waals surface area contributed by atoms with E-state index in [2.05, 4.69) is 10.5 Å². The quantitative estimate of drug-likeness (QED) is 0.749. The fourth-order valence-electron chi connectivity index (χ4n) is 2.41. The topological polar surface area (TPSA) is 111 Å². The van der Waals surface area contributed by atoms with Crippen LogP contribution >= 0.6 is 0 Å². The molecule has 2 N–H and O–H groups in total. The minimum Gasteiger partial charge on any atom is -0.493 e. The molecule has 1 aromatic carbocycles. The van der Waals surface area contributed by atoms with Gasteiger partial charge in [0.2, 0.25) is 5.91 Å². The highest BCUT2D eigenvalue weighted by molar-refractivity contribution is 5.79. The highest BCUT2D eigenvalue weighted by Crippen LogP contribution is 2.31. The molecule has 1 atom stereocenters. The highest BCUT2D eigenvalue weighted by atomic mass is 16.5. The van der Waals surface area contributed by atoms with Crippen LogP contribution in [0.5, 0.6) is 11.5 Å². The van der Waals surface area contributed by atoms with E-state index in [4.69, 9.17) is 19.1 Å². The SMILES string of the molecule is COc1ccc(C(CC(=O)O)NC(=O)Cc2cc(C)on2)cc1OC. The van der Waals surface area contributed by atoms with Crippen LogP contribution < -0.4 is 14.8 Å². The van der Waals surface area contributed by atoms with Gasteiger partial charge in [-0.15, -0.1) is 0 Å². The van der Waals surface area contributed by atoms with Crippen molar-refractivity contribution in [2.75, 3.05) is 14.2 Å². The van der Waals surface area contributed by atoms with Crippen molar-refractivity contribution in [2.45, 2.75) is 25.8 Å². The number of hydrogen-bond acceptors (Lipinski definition) is 6. The number of carboxylic acids is 1. The zero-order valence-electron chi connectivity index (χ0n) is 14.2. The lowest BCUT2D eigenvalue weighted by molar-refractivity contribution is -0.137. The van der Waals surface area contributed by atoms with Gasteiger partial charge in [0, 0.05) is 6.07 Å². The molecule has 0 radical (unpaired) electrons. The van der Waals surface area contributed by atoms with Gasteiger partial charge in [-0.3, -0.25) is 9.59 Å². The molecule has 8 nitrogen and oxygen atoms in total. The summed E-state index contributed by atoms with van der Waals surface area (Å²) in [6.07, 6.45) is -0.264. The molecule has 25 heavy (non-hydrogen) atoms. The van der Waals surface area contributed by atoms with Crippen LogP contribution in [0.25, 0.3) is 0 Å². The van der Waals surface area contributed by atoms with Crippen LogP contribution in [0.3, 0.4) is 0 Å². The van der Waals surface area contributed by atoms with Gasteiger partial charge >= 0.3 is 5.97 Å². The van der Waals surface area contributed by atoms with Gasteiger partial charge in [-0.05, 0) is 24.6 Å². The fraction of sp³-hybridized carbons (Fsp3) is 0.353. The molecule has 0 fully saturated rings. The van der Waals surface area contributed by atoms with Crippen LogP contribution in [0.4, 0.5) is 0 Å². The van der Waals surface area contributed by atoms with Crippen molar-refractivity contribution in [1.29, 1.82) is 0 Å². The van der Waals surface area contributed by atoms with E-state index in [0.717, 1.165) is 0 Å². The molecule has 2 aromatic rings. The van der Waals surface area contributed by atoms with Crippen molar-refractivity contribution in [2.24, 2.45) is 0 Å². The number of benzene rings is 1. The van der Waals surface area contributed by atoms with Gasteiger partial charge in [0.05, 0.1) is 38.8 Å². The smallest absolute Gasteiger partial charge is 0.305 e. The Kier molecular flexibility index (Phi) is 5.99. The van der Waals surface area contributed by atoms with Crippen LogP contribution in [0.2, 0.25) is 0 Å². The second-order valence-electron chi connectivity index (χ2n) is 5.44. The molecule has 134 valence electrons. The number of aliphatic carboxylic acids is 1. The number of ether oxygens (including phenoxy) is 2. The molecular weight excluding hydrogens is 328 g/mol. The average Bonchev–Trinajstić information content (AvgIpc) is 2.97. The Labute approximate surface area is 144 Å². The Hall–Kier alpha value is -3.03. The summed E-state index contributed by atoms with van der Waals surface area (Å²) in [4.78, 5) is 23.4. The lowest BCUT2D eigenvalue weighted by Crippen LogP contribution is -2.31. The third-order valence-electron chi connectivity index (χ3n) is 3.54. The normalized spacial score (nSPS) is 11.6. The molecule has 0 aliphatic heterocycles. The van der Waals surface area contributed by atoms with Gasteiger partial charge in [-0.2, -0.15) is 0 Å². The summed E-state index contributed by atoms with van der Waals surface area (Å²) in [7, 11) is 2.99. The molecule has 0 aliphatic rings. The standard InChI is InChI=1S/C17H20N2O6/c1-10-6-12(19-25-10)8-16(20)18-13(9-17(21)22)11-4-5-14(23-2)15(7-11)24-3/h4-7,13H,8-9H2,1-3H3,(H,18,20)(H,21,22). The number of methoxy groups -OCH3 is 2. The van der Waals surface area contributed by atoms with Crippen molar-refractivity contribution in [3.8, 4) is 11.5 Å². The lowest BCUT2D eigenvalue weighted by atomic mass is 10.0. The van der Waals surface area contributed by atoms with E-state index in [1.807, 2.05) is 0 Å². The maximum absolute atomic E-state index is 12.2. The number of aryl methyl sites for hydroxylation is 1. The average molecular weight is 348 g/mol. The maximum Gasteiger partial charge on any atom is 0.305 e. The van der Waals surface area contributed by atoms with E-state index in [1.165, 1.54) is 14.2 Å². The molecular formula is C17H20N2O6. The number of nitrogens with one attached hydrogen (secondary N) is 1. The molecule has 1 aromatic heterocycles. The molecule has 0 saturated carbocycles. The Bertz CT molecular complexity index is 755. The number of carbonyl (C=O) groups excluding carboxylic acids is 1. The first-order chi connectivity index (χ1) is 11.9. The number of hydrogen-bond donors (Lipinski definition) is 2. The number of carboxylic acid groups (broad SMARTS) is 1. The van der Waals surface area contributed by atoms with Crippen molar-refractivity contribution in [3.05, 3.63) is 41.3 Å². The zero-order valence-corrected chi connectivity index (χ0v) is 14.2. The van der Waals surface area contributed by atoms with Gasteiger partial charge in [-0.25, -0.2) is 0 Å². The van der Waals surface area contributed by atoms with Crippen LogP contribution in [-0.2, 0) is 16.0 Å². The van der Waals surface area contributed by atoms with Gasteiger partial charge in [0.25, 0.3) is 0 Å². The zero-order chi connectivity index (χ0) is 18.4. The predicted molar refractivity (Wildman–Crippen MR) is 87.6 cm³/mol.